The maximum atomic E-state index is 6.30. The molecule has 4 nitrogen and oxygen atoms in total. The molecule has 2 rings (SSSR count). The van der Waals surface area contributed by atoms with Crippen molar-refractivity contribution in [2.75, 3.05) is 0 Å². The van der Waals surface area contributed by atoms with Crippen LogP contribution in [0.2, 0.25) is 5.02 Å². The number of benzene rings is 1. The number of hydrogen-bond donors (Lipinski definition) is 1. The highest BCUT2D eigenvalue weighted by Crippen LogP contribution is 2.26. The maximum absolute atomic E-state index is 6.30. The Morgan fingerprint density at radius 2 is 2.28 bits per heavy atom. The van der Waals surface area contributed by atoms with Crippen molar-refractivity contribution in [2.45, 2.75) is 25.9 Å². The highest BCUT2D eigenvalue weighted by Gasteiger charge is 2.17. The lowest BCUT2D eigenvalue weighted by molar-refractivity contribution is 0.543. The molecule has 1 unspecified atom stereocenters. The molecule has 1 atom stereocenters. The summed E-state index contributed by atoms with van der Waals surface area (Å²) in [5.74, 6) is 0. The molecule has 0 aliphatic heterocycles. The lowest BCUT2D eigenvalue weighted by Crippen LogP contribution is -2.18. The number of halogens is 2. The van der Waals surface area contributed by atoms with Gasteiger partial charge in [-0.15, -0.1) is 5.10 Å². The molecule has 0 bridgehead atoms. The quantitative estimate of drug-likeness (QED) is 0.835. The second-order valence-electron chi connectivity index (χ2n) is 4.03. The smallest absolute Gasteiger partial charge is 0.0800 e. The fourth-order valence-corrected chi connectivity index (χ4v) is 2.66. The first-order valence-corrected chi connectivity index (χ1v) is 7.18. The molecule has 0 aliphatic carbocycles. The summed E-state index contributed by atoms with van der Waals surface area (Å²) in [5, 5.41) is 8.68. The van der Waals surface area contributed by atoms with Crippen LogP contribution in [0.4, 0.5) is 0 Å². The Labute approximate surface area is 125 Å². The molecule has 1 aromatic heterocycles. The van der Waals surface area contributed by atoms with E-state index in [4.69, 9.17) is 17.3 Å². The highest BCUT2D eigenvalue weighted by molar-refractivity contribution is 14.1. The van der Waals surface area contributed by atoms with Gasteiger partial charge in [0, 0.05) is 15.1 Å². The minimum atomic E-state index is -0.253. The summed E-state index contributed by atoms with van der Waals surface area (Å²) in [6.45, 7) is 2.92. The third-order valence-electron chi connectivity index (χ3n) is 2.69. The van der Waals surface area contributed by atoms with Crippen LogP contribution >= 0.6 is 34.2 Å². The molecule has 2 N–H and O–H groups in total. The van der Waals surface area contributed by atoms with Crippen molar-refractivity contribution < 1.29 is 0 Å². The summed E-state index contributed by atoms with van der Waals surface area (Å²) in [6.07, 6.45) is 2.72. The molecule has 0 aliphatic rings. The number of hydrogen-bond acceptors (Lipinski definition) is 3. The summed E-state index contributed by atoms with van der Waals surface area (Å²) in [5.41, 5.74) is 8.21. The Hall–Kier alpha value is -0.660. The van der Waals surface area contributed by atoms with Crippen LogP contribution in [0.25, 0.3) is 0 Å². The second kappa shape index (κ2) is 5.99. The molecule has 0 amide bonds. The lowest BCUT2D eigenvalue weighted by Gasteiger charge is -2.15. The molecule has 0 fully saturated rings. The zero-order valence-electron chi connectivity index (χ0n) is 9.98. The van der Waals surface area contributed by atoms with Crippen molar-refractivity contribution in [1.29, 1.82) is 0 Å². The van der Waals surface area contributed by atoms with Gasteiger partial charge in [-0.25, -0.2) is 4.68 Å². The van der Waals surface area contributed by atoms with Gasteiger partial charge in [-0.2, -0.15) is 0 Å². The monoisotopic (exact) mass is 376 g/mol. The van der Waals surface area contributed by atoms with Crippen molar-refractivity contribution in [3.05, 3.63) is 44.2 Å². The average Bonchev–Trinajstić information content (AvgIpc) is 2.80. The molecular formula is C12H14ClIN4. The molecule has 1 aromatic carbocycles. The Balaban J connectivity index is 2.38. The van der Waals surface area contributed by atoms with Gasteiger partial charge in [-0.05, 0) is 52.8 Å². The summed E-state index contributed by atoms with van der Waals surface area (Å²) < 4.78 is 2.94. The van der Waals surface area contributed by atoms with Gasteiger partial charge in [-0.1, -0.05) is 23.7 Å². The molecule has 96 valence electrons. The molecular weight excluding hydrogens is 363 g/mol. The van der Waals surface area contributed by atoms with E-state index in [9.17, 15) is 0 Å². The zero-order valence-corrected chi connectivity index (χ0v) is 12.9. The summed E-state index contributed by atoms with van der Waals surface area (Å²) >= 11 is 8.29. The van der Waals surface area contributed by atoms with Crippen LogP contribution in [0.3, 0.4) is 0 Å². The zero-order chi connectivity index (χ0) is 13.1. The van der Waals surface area contributed by atoms with E-state index < -0.39 is 0 Å². The van der Waals surface area contributed by atoms with E-state index in [0.29, 0.717) is 5.02 Å². The maximum Gasteiger partial charge on any atom is 0.0800 e. The van der Waals surface area contributed by atoms with Crippen molar-refractivity contribution in [3.8, 4) is 0 Å². The van der Waals surface area contributed by atoms with Crippen molar-refractivity contribution in [3.63, 3.8) is 0 Å². The molecule has 18 heavy (non-hydrogen) atoms. The van der Waals surface area contributed by atoms with Crippen LogP contribution in [0.5, 0.6) is 0 Å². The molecule has 6 heteroatoms. The van der Waals surface area contributed by atoms with Crippen LogP contribution in [-0.4, -0.2) is 15.0 Å². The third kappa shape index (κ3) is 2.84. The van der Waals surface area contributed by atoms with Crippen LogP contribution in [0.1, 0.15) is 30.6 Å². The van der Waals surface area contributed by atoms with Gasteiger partial charge < -0.3 is 5.73 Å². The standard InChI is InChI=1S/C12H14ClIN4/c1-2-5-18-11(7-16-17-18)12(15)9-6-8(13)3-4-10(9)14/h3-4,6-7,12H,2,5,15H2,1H3. The van der Waals surface area contributed by atoms with E-state index >= 15 is 0 Å². The number of aryl methyl sites for hydroxylation is 1. The van der Waals surface area contributed by atoms with E-state index in [-0.39, 0.29) is 6.04 Å². The lowest BCUT2D eigenvalue weighted by atomic mass is 10.1. The normalized spacial score (nSPS) is 12.7. The van der Waals surface area contributed by atoms with Gasteiger partial charge >= 0.3 is 0 Å². The molecule has 0 radical (unpaired) electrons. The van der Waals surface area contributed by atoms with Gasteiger partial charge in [0.25, 0.3) is 0 Å². The summed E-state index contributed by atoms with van der Waals surface area (Å²) in [7, 11) is 0. The largest absolute Gasteiger partial charge is 0.319 e. The number of aromatic nitrogens is 3. The van der Waals surface area contributed by atoms with Gasteiger partial charge in [0.2, 0.25) is 0 Å². The Bertz CT molecular complexity index is 541. The first-order chi connectivity index (χ1) is 8.63. The van der Waals surface area contributed by atoms with E-state index in [0.717, 1.165) is 27.8 Å². The van der Waals surface area contributed by atoms with Crippen LogP contribution in [0, 0.1) is 3.57 Å². The minimum Gasteiger partial charge on any atom is -0.319 e. The van der Waals surface area contributed by atoms with Crippen LogP contribution in [-0.2, 0) is 6.54 Å². The van der Waals surface area contributed by atoms with Gasteiger partial charge in [0.15, 0.2) is 0 Å². The number of nitrogens with zero attached hydrogens (tertiary/aromatic N) is 3. The number of rotatable bonds is 4. The van der Waals surface area contributed by atoms with Crippen molar-refractivity contribution >= 4 is 34.2 Å². The Morgan fingerprint density at radius 3 is 3.00 bits per heavy atom. The van der Waals surface area contributed by atoms with E-state index in [1.165, 1.54) is 0 Å². The molecule has 0 saturated heterocycles. The minimum absolute atomic E-state index is 0.253. The van der Waals surface area contributed by atoms with Crippen molar-refractivity contribution in [1.82, 2.24) is 15.0 Å². The molecule has 0 saturated carbocycles. The fourth-order valence-electron chi connectivity index (χ4n) is 1.80. The second-order valence-corrected chi connectivity index (χ2v) is 5.62. The SMILES string of the molecule is CCCn1nncc1C(N)c1cc(Cl)ccc1I. The predicted molar refractivity (Wildman–Crippen MR) is 80.5 cm³/mol. The predicted octanol–water partition coefficient (Wildman–Crippen LogP) is 2.99. The average molecular weight is 377 g/mol. The van der Waals surface area contributed by atoms with E-state index in [2.05, 4.69) is 39.8 Å². The van der Waals surface area contributed by atoms with Crippen LogP contribution in [0.15, 0.2) is 24.4 Å². The number of nitrogens with two attached hydrogens (primary N) is 1. The Kier molecular flexibility index (Phi) is 4.58. The topological polar surface area (TPSA) is 56.7 Å². The highest BCUT2D eigenvalue weighted by atomic mass is 127. The third-order valence-corrected chi connectivity index (χ3v) is 3.91. The van der Waals surface area contributed by atoms with Crippen LogP contribution < -0.4 is 5.73 Å². The Morgan fingerprint density at radius 1 is 1.50 bits per heavy atom. The summed E-state index contributed by atoms with van der Waals surface area (Å²) in [6, 6.07) is 5.47. The summed E-state index contributed by atoms with van der Waals surface area (Å²) in [4.78, 5) is 0. The first kappa shape index (κ1) is 13.8. The van der Waals surface area contributed by atoms with Gasteiger partial charge in [0.05, 0.1) is 17.9 Å². The van der Waals surface area contributed by atoms with Crippen molar-refractivity contribution in [2.24, 2.45) is 5.73 Å². The van der Waals surface area contributed by atoms with E-state index in [1.807, 2.05) is 22.9 Å². The molecule has 1 heterocycles. The molecule has 2 aromatic rings. The van der Waals surface area contributed by atoms with Gasteiger partial charge in [0.1, 0.15) is 0 Å². The molecule has 0 spiro atoms. The van der Waals surface area contributed by atoms with E-state index in [1.54, 1.807) is 6.20 Å². The fraction of sp³-hybridized carbons (Fsp3) is 0.333. The first-order valence-electron chi connectivity index (χ1n) is 5.72. The van der Waals surface area contributed by atoms with Gasteiger partial charge in [-0.3, -0.25) is 0 Å².